The van der Waals surface area contributed by atoms with E-state index in [-0.39, 0.29) is 22.0 Å². The van der Waals surface area contributed by atoms with Crippen LogP contribution < -0.4 is 5.32 Å². The third kappa shape index (κ3) is 3.52. The van der Waals surface area contributed by atoms with Gasteiger partial charge in [-0.05, 0) is 24.3 Å². The Kier molecular flexibility index (Phi) is 4.42. The van der Waals surface area contributed by atoms with Gasteiger partial charge in [0.15, 0.2) is 0 Å². The van der Waals surface area contributed by atoms with Gasteiger partial charge >= 0.3 is 5.97 Å². The summed E-state index contributed by atoms with van der Waals surface area (Å²) in [6.07, 6.45) is 0. The van der Waals surface area contributed by atoms with Crippen LogP contribution in [0.2, 0.25) is 5.02 Å². The summed E-state index contributed by atoms with van der Waals surface area (Å²) in [5, 5.41) is 33.7. The van der Waals surface area contributed by atoms with Crippen molar-refractivity contribution in [2.24, 2.45) is 0 Å². The minimum Gasteiger partial charge on any atom is -0.478 e. The van der Waals surface area contributed by atoms with Crippen molar-refractivity contribution in [2.45, 2.75) is 0 Å². The Bertz CT molecular complexity index is 823. The first-order valence-electron chi connectivity index (χ1n) is 6.02. The largest absolute Gasteiger partial charge is 0.478 e. The number of nitrogens with zero attached hydrogens (tertiary/aromatic N) is 2. The second-order valence-corrected chi connectivity index (χ2v) is 4.77. The van der Waals surface area contributed by atoms with Crippen molar-refractivity contribution in [2.75, 3.05) is 5.32 Å². The van der Waals surface area contributed by atoms with Crippen LogP contribution in [0.3, 0.4) is 0 Å². The standard InChI is InChI=1S/C13H8ClN3O6/c14-7-1-3-9(13(18)19)11(5-7)15-10-4-2-8(16(20)21)6-12(10)17(22)23/h1-6,15H,(H,18,19). The van der Waals surface area contributed by atoms with Gasteiger partial charge in [0.25, 0.3) is 11.4 Å². The molecule has 0 fully saturated rings. The van der Waals surface area contributed by atoms with Crippen molar-refractivity contribution in [3.8, 4) is 0 Å². The highest BCUT2D eigenvalue weighted by Crippen LogP contribution is 2.33. The summed E-state index contributed by atoms with van der Waals surface area (Å²) in [4.78, 5) is 31.4. The number of carbonyl (C=O) groups is 1. The Morgan fingerprint density at radius 1 is 1.04 bits per heavy atom. The summed E-state index contributed by atoms with van der Waals surface area (Å²) in [7, 11) is 0. The lowest BCUT2D eigenvalue weighted by atomic mass is 10.1. The number of carboxylic acids is 1. The molecule has 0 bridgehead atoms. The number of nitro groups is 2. The molecule has 0 unspecified atom stereocenters. The van der Waals surface area contributed by atoms with E-state index in [4.69, 9.17) is 16.7 Å². The van der Waals surface area contributed by atoms with Crippen LogP contribution in [0.1, 0.15) is 10.4 Å². The fourth-order valence-electron chi connectivity index (χ4n) is 1.84. The van der Waals surface area contributed by atoms with E-state index < -0.39 is 27.2 Å². The fraction of sp³-hybridized carbons (Fsp3) is 0. The van der Waals surface area contributed by atoms with E-state index in [9.17, 15) is 25.0 Å². The van der Waals surface area contributed by atoms with Crippen molar-refractivity contribution in [1.29, 1.82) is 0 Å². The van der Waals surface area contributed by atoms with Crippen molar-refractivity contribution < 1.29 is 19.7 Å². The van der Waals surface area contributed by atoms with E-state index in [1.165, 1.54) is 18.2 Å². The molecule has 0 atom stereocenters. The number of nitro benzene ring substituents is 2. The minimum atomic E-state index is -1.26. The number of non-ortho nitro benzene ring substituents is 1. The highest BCUT2D eigenvalue weighted by molar-refractivity contribution is 6.31. The quantitative estimate of drug-likeness (QED) is 0.628. The van der Waals surface area contributed by atoms with Crippen LogP contribution in [-0.4, -0.2) is 20.9 Å². The smallest absolute Gasteiger partial charge is 0.337 e. The summed E-state index contributed by atoms with van der Waals surface area (Å²) in [6, 6.07) is 6.87. The molecule has 0 spiro atoms. The van der Waals surface area contributed by atoms with E-state index in [1.807, 2.05) is 0 Å². The summed E-state index contributed by atoms with van der Waals surface area (Å²) < 4.78 is 0. The molecular weight excluding hydrogens is 330 g/mol. The number of hydrogen-bond acceptors (Lipinski definition) is 6. The highest BCUT2D eigenvalue weighted by Gasteiger charge is 2.21. The van der Waals surface area contributed by atoms with E-state index >= 15 is 0 Å². The Morgan fingerprint density at radius 2 is 1.74 bits per heavy atom. The van der Waals surface area contributed by atoms with Gasteiger partial charge in [0.2, 0.25) is 0 Å². The van der Waals surface area contributed by atoms with Crippen LogP contribution in [0, 0.1) is 20.2 Å². The average Bonchev–Trinajstić information content (AvgIpc) is 2.46. The lowest BCUT2D eigenvalue weighted by molar-refractivity contribution is -0.393. The fourth-order valence-corrected chi connectivity index (χ4v) is 2.01. The molecule has 2 aromatic rings. The molecule has 0 heterocycles. The Morgan fingerprint density at radius 3 is 2.30 bits per heavy atom. The van der Waals surface area contributed by atoms with E-state index in [0.29, 0.717) is 0 Å². The molecule has 118 valence electrons. The van der Waals surface area contributed by atoms with Gasteiger partial charge in [-0.1, -0.05) is 11.6 Å². The van der Waals surface area contributed by atoms with Gasteiger partial charge < -0.3 is 10.4 Å². The van der Waals surface area contributed by atoms with Crippen molar-refractivity contribution >= 4 is 40.3 Å². The summed E-state index contributed by atoms with van der Waals surface area (Å²) >= 11 is 5.80. The lowest BCUT2D eigenvalue weighted by Gasteiger charge is -2.10. The van der Waals surface area contributed by atoms with Crippen molar-refractivity contribution in [3.63, 3.8) is 0 Å². The van der Waals surface area contributed by atoms with Gasteiger partial charge in [0.05, 0.1) is 27.2 Å². The molecule has 0 saturated heterocycles. The maximum atomic E-state index is 11.2. The molecule has 0 aliphatic rings. The third-order valence-corrected chi connectivity index (χ3v) is 3.11. The van der Waals surface area contributed by atoms with Crippen LogP contribution in [0.25, 0.3) is 0 Å². The first kappa shape index (κ1) is 16.2. The van der Waals surface area contributed by atoms with Crippen molar-refractivity contribution in [3.05, 3.63) is 67.2 Å². The van der Waals surface area contributed by atoms with Gasteiger partial charge in [-0.25, -0.2) is 4.79 Å². The molecule has 0 aliphatic carbocycles. The number of benzene rings is 2. The second-order valence-electron chi connectivity index (χ2n) is 4.34. The number of hydrogen-bond donors (Lipinski definition) is 2. The molecule has 0 aliphatic heterocycles. The molecule has 2 rings (SSSR count). The normalized spacial score (nSPS) is 10.1. The maximum absolute atomic E-state index is 11.2. The van der Waals surface area contributed by atoms with E-state index in [2.05, 4.69) is 5.32 Å². The van der Waals surface area contributed by atoms with Crippen LogP contribution in [0.4, 0.5) is 22.7 Å². The predicted molar refractivity (Wildman–Crippen MR) is 81.4 cm³/mol. The van der Waals surface area contributed by atoms with Crippen molar-refractivity contribution in [1.82, 2.24) is 0 Å². The van der Waals surface area contributed by atoms with Gasteiger partial charge in [0.1, 0.15) is 5.69 Å². The van der Waals surface area contributed by atoms with Crippen LogP contribution in [0.5, 0.6) is 0 Å². The summed E-state index contributed by atoms with van der Waals surface area (Å²) in [5.41, 5.74) is -1.23. The molecule has 2 N–H and O–H groups in total. The molecule has 0 radical (unpaired) electrons. The molecule has 0 saturated carbocycles. The number of halogens is 1. The zero-order chi connectivity index (χ0) is 17.1. The Hall–Kier alpha value is -3.20. The Labute approximate surface area is 133 Å². The molecule has 10 heteroatoms. The third-order valence-electron chi connectivity index (χ3n) is 2.87. The Balaban J connectivity index is 2.52. The van der Waals surface area contributed by atoms with Crippen LogP contribution >= 0.6 is 11.6 Å². The first-order chi connectivity index (χ1) is 10.8. The van der Waals surface area contributed by atoms with E-state index in [1.54, 1.807) is 0 Å². The summed E-state index contributed by atoms with van der Waals surface area (Å²) in [5.74, 6) is -1.26. The summed E-state index contributed by atoms with van der Waals surface area (Å²) in [6.45, 7) is 0. The lowest BCUT2D eigenvalue weighted by Crippen LogP contribution is -2.04. The monoisotopic (exact) mass is 337 g/mol. The number of carboxylic acid groups (broad SMARTS) is 1. The molecule has 0 amide bonds. The number of aromatic carboxylic acids is 1. The second kappa shape index (κ2) is 6.28. The van der Waals surface area contributed by atoms with E-state index in [0.717, 1.165) is 18.2 Å². The zero-order valence-electron chi connectivity index (χ0n) is 11.2. The van der Waals surface area contributed by atoms with Gasteiger partial charge in [-0.15, -0.1) is 0 Å². The van der Waals surface area contributed by atoms with Gasteiger partial charge in [-0.2, -0.15) is 0 Å². The maximum Gasteiger partial charge on any atom is 0.337 e. The zero-order valence-corrected chi connectivity index (χ0v) is 12.0. The molecule has 23 heavy (non-hydrogen) atoms. The topological polar surface area (TPSA) is 136 Å². The highest BCUT2D eigenvalue weighted by atomic mass is 35.5. The molecule has 2 aromatic carbocycles. The van der Waals surface area contributed by atoms with Gasteiger partial charge in [-0.3, -0.25) is 20.2 Å². The first-order valence-corrected chi connectivity index (χ1v) is 6.40. The molecular formula is C13H8ClN3O6. The predicted octanol–water partition coefficient (Wildman–Crippen LogP) is 3.60. The number of anilines is 2. The number of nitrogens with one attached hydrogen (secondary N) is 1. The van der Waals surface area contributed by atoms with Crippen LogP contribution in [-0.2, 0) is 0 Å². The minimum absolute atomic E-state index is 0.0296. The van der Waals surface area contributed by atoms with Crippen LogP contribution in [0.15, 0.2) is 36.4 Å². The number of rotatable bonds is 5. The molecule has 0 aromatic heterocycles. The SMILES string of the molecule is O=C(O)c1ccc(Cl)cc1Nc1ccc([N+](=O)[O-])cc1[N+](=O)[O-]. The van der Waals surface area contributed by atoms with Gasteiger partial charge in [0, 0.05) is 11.1 Å². The average molecular weight is 338 g/mol. The molecule has 9 nitrogen and oxygen atoms in total.